The fourth-order valence-corrected chi connectivity index (χ4v) is 1.41. The minimum atomic E-state index is 0.949. The van der Waals surface area contributed by atoms with E-state index in [-0.39, 0.29) is 0 Å². The zero-order chi connectivity index (χ0) is 12.6. The lowest BCUT2D eigenvalue weighted by Crippen LogP contribution is -1.76. The Morgan fingerprint density at radius 3 is 2.22 bits per heavy atom. The van der Waals surface area contributed by atoms with Crippen molar-refractivity contribution in [2.24, 2.45) is 4.99 Å². The SMILES string of the molecule is C/C(C=Nc1ccccc1)=C/[N-]c1ccccc1. The van der Waals surface area contributed by atoms with Crippen molar-refractivity contribution in [1.29, 1.82) is 0 Å². The first-order chi connectivity index (χ1) is 8.84. The first-order valence-corrected chi connectivity index (χ1v) is 5.86. The number of rotatable bonds is 4. The lowest BCUT2D eigenvalue weighted by molar-refractivity contribution is 1.50. The molecule has 0 unspecified atom stereocenters. The third-order valence-electron chi connectivity index (χ3n) is 2.35. The van der Waals surface area contributed by atoms with Crippen molar-refractivity contribution in [3.8, 4) is 0 Å². The molecule has 0 fully saturated rings. The zero-order valence-electron chi connectivity index (χ0n) is 10.3. The van der Waals surface area contributed by atoms with Gasteiger partial charge in [-0.1, -0.05) is 54.1 Å². The molecule has 0 amide bonds. The molecule has 0 radical (unpaired) electrons. The molecule has 2 aromatic carbocycles. The van der Waals surface area contributed by atoms with E-state index in [2.05, 4.69) is 10.3 Å². The van der Waals surface area contributed by atoms with Crippen LogP contribution in [0.2, 0.25) is 0 Å². The second-order valence-corrected chi connectivity index (χ2v) is 3.93. The number of para-hydroxylation sites is 2. The van der Waals surface area contributed by atoms with Gasteiger partial charge in [0.25, 0.3) is 0 Å². The Bertz CT molecular complexity index is 528. The molecule has 90 valence electrons. The highest BCUT2D eigenvalue weighted by Gasteiger charge is 1.83. The van der Waals surface area contributed by atoms with Crippen LogP contribution < -0.4 is 0 Å². The van der Waals surface area contributed by atoms with E-state index in [4.69, 9.17) is 0 Å². The van der Waals surface area contributed by atoms with Crippen LogP contribution in [0.5, 0.6) is 0 Å². The summed E-state index contributed by atoms with van der Waals surface area (Å²) in [4.78, 5) is 4.37. The molecule has 18 heavy (non-hydrogen) atoms. The predicted octanol–water partition coefficient (Wildman–Crippen LogP) is 5.00. The summed E-state index contributed by atoms with van der Waals surface area (Å²) in [5.74, 6) is 0. The highest BCUT2D eigenvalue weighted by molar-refractivity contribution is 5.81. The van der Waals surface area contributed by atoms with Gasteiger partial charge in [-0.25, -0.2) is 0 Å². The normalized spacial score (nSPS) is 11.7. The van der Waals surface area contributed by atoms with Gasteiger partial charge in [-0.15, -0.1) is 5.69 Å². The molecule has 2 aromatic rings. The number of aliphatic imine (C=N–C) groups is 1. The van der Waals surface area contributed by atoms with E-state index in [0.29, 0.717) is 0 Å². The summed E-state index contributed by atoms with van der Waals surface area (Å²) < 4.78 is 0. The number of nitrogens with zero attached hydrogens (tertiary/aromatic N) is 2. The van der Waals surface area contributed by atoms with E-state index < -0.39 is 0 Å². The van der Waals surface area contributed by atoms with E-state index >= 15 is 0 Å². The summed E-state index contributed by atoms with van der Waals surface area (Å²) in [6.45, 7) is 1.98. The number of allylic oxidation sites excluding steroid dienone is 1. The minimum absolute atomic E-state index is 0.949. The average molecular weight is 235 g/mol. The van der Waals surface area contributed by atoms with Gasteiger partial charge >= 0.3 is 0 Å². The minimum Gasteiger partial charge on any atom is -0.664 e. The molecule has 0 aliphatic heterocycles. The molecule has 2 nitrogen and oxygen atoms in total. The van der Waals surface area contributed by atoms with Gasteiger partial charge in [0.05, 0.1) is 5.69 Å². The van der Waals surface area contributed by atoms with E-state index in [1.807, 2.05) is 80.0 Å². The van der Waals surface area contributed by atoms with Gasteiger partial charge in [-0.05, 0) is 19.1 Å². The molecule has 0 saturated carbocycles. The van der Waals surface area contributed by atoms with Crippen molar-refractivity contribution in [2.75, 3.05) is 0 Å². The van der Waals surface area contributed by atoms with E-state index in [1.165, 1.54) is 0 Å². The Kier molecular flexibility index (Phi) is 4.31. The summed E-state index contributed by atoms with van der Waals surface area (Å²) >= 11 is 0. The quantitative estimate of drug-likeness (QED) is 0.667. The predicted molar refractivity (Wildman–Crippen MR) is 77.8 cm³/mol. The van der Waals surface area contributed by atoms with Gasteiger partial charge in [0.2, 0.25) is 0 Å². The summed E-state index contributed by atoms with van der Waals surface area (Å²) in [6, 6.07) is 19.7. The zero-order valence-corrected chi connectivity index (χ0v) is 10.3. The number of hydrogen-bond acceptors (Lipinski definition) is 1. The van der Waals surface area contributed by atoms with E-state index in [9.17, 15) is 0 Å². The Labute approximate surface area is 108 Å². The van der Waals surface area contributed by atoms with Crippen LogP contribution in [0.15, 0.2) is 77.4 Å². The standard InChI is InChI=1S/C16H15N2/c1-14(12-17-15-8-4-2-5-9-15)13-18-16-10-6-3-7-11-16/h2-13H,1H3/q-1/b14-12-,18-13?. The maximum absolute atomic E-state index is 4.37. The molecule has 0 saturated heterocycles. The van der Waals surface area contributed by atoms with Crippen LogP contribution in [0.4, 0.5) is 11.4 Å². The molecule has 0 heterocycles. The third-order valence-corrected chi connectivity index (χ3v) is 2.35. The van der Waals surface area contributed by atoms with Crippen molar-refractivity contribution in [3.05, 3.63) is 77.8 Å². The Hall–Kier alpha value is -2.35. The summed E-state index contributed by atoms with van der Waals surface area (Å²) in [7, 11) is 0. The molecular formula is C16H15N2-. The van der Waals surface area contributed by atoms with Crippen LogP contribution in [0.3, 0.4) is 0 Å². The largest absolute Gasteiger partial charge is 0.664 e. The van der Waals surface area contributed by atoms with Gasteiger partial charge in [0.15, 0.2) is 0 Å². The maximum atomic E-state index is 4.37. The number of hydrogen-bond donors (Lipinski definition) is 0. The second kappa shape index (κ2) is 6.40. The van der Waals surface area contributed by atoms with Crippen LogP contribution in [0, 0.1) is 0 Å². The van der Waals surface area contributed by atoms with Gasteiger partial charge in [0.1, 0.15) is 0 Å². The van der Waals surface area contributed by atoms with Crippen LogP contribution in [-0.2, 0) is 0 Å². The molecule has 0 bridgehead atoms. The van der Waals surface area contributed by atoms with Gasteiger partial charge in [0, 0.05) is 6.21 Å². The van der Waals surface area contributed by atoms with Gasteiger partial charge in [-0.2, -0.15) is 6.20 Å². The first-order valence-electron chi connectivity index (χ1n) is 5.86. The Balaban J connectivity index is 1.96. The fourth-order valence-electron chi connectivity index (χ4n) is 1.41. The van der Waals surface area contributed by atoms with Crippen LogP contribution in [0.1, 0.15) is 6.92 Å². The smallest absolute Gasteiger partial charge is 0.0629 e. The molecule has 0 spiro atoms. The van der Waals surface area contributed by atoms with Crippen molar-refractivity contribution in [1.82, 2.24) is 0 Å². The molecule has 0 N–H and O–H groups in total. The molecule has 0 aromatic heterocycles. The molecule has 0 atom stereocenters. The molecular weight excluding hydrogens is 220 g/mol. The highest BCUT2D eigenvalue weighted by atomic mass is 14.8. The number of benzene rings is 2. The maximum Gasteiger partial charge on any atom is 0.0629 e. The lowest BCUT2D eigenvalue weighted by atomic mass is 10.3. The Morgan fingerprint density at radius 2 is 1.56 bits per heavy atom. The van der Waals surface area contributed by atoms with Crippen LogP contribution in [0.25, 0.3) is 5.32 Å². The van der Waals surface area contributed by atoms with Crippen LogP contribution in [-0.4, -0.2) is 6.21 Å². The van der Waals surface area contributed by atoms with Gasteiger partial charge in [-0.3, -0.25) is 4.99 Å². The highest BCUT2D eigenvalue weighted by Crippen LogP contribution is 2.18. The first kappa shape index (κ1) is 12.1. The van der Waals surface area contributed by atoms with E-state index in [0.717, 1.165) is 16.9 Å². The summed E-state index contributed by atoms with van der Waals surface area (Å²) in [5, 5.41) is 4.37. The van der Waals surface area contributed by atoms with E-state index in [1.54, 1.807) is 0 Å². The Morgan fingerprint density at radius 1 is 0.944 bits per heavy atom. The second-order valence-electron chi connectivity index (χ2n) is 3.93. The summed E-state index contributed by atoms with van der Waals surface area (Å²) in [6.07, 6.45) is 3.64. The topological polar surface area (TPSA) is 26.5 Å². The molecule has 2 heteroatoms. The molecule has 0 aliphatic rings. The van der Waals surface area contributed by atoms with Crippen molar-refractivity contribution in [3.63, 3.8) is 0 Å². The molecule has 0 aliphatic carbocycles. The monoisotopic (exact) mass is 235 g/mol. The average Bonchev–Trinajstić information content (AvgIpc) is 2.45. The molecule has 2 rings (SSSR count). The third kappa shape index (κ3) is 3.91. The lowest BCUT2D eigenvalue weighted by Gasteiger charge is -2.16. The van der Waals surface area contributed by atoms with Crippen molar-refractivity contribution < 1.29 is 0 Å². The van der Waals surface area contributed by atoms with Gasteiger partial charge < -0.3 is 5.32 Å². The fraction of sp³-hybridized carbons (Fsp3) is 0.0625. The van der Waals surface area contributed by atoms with Crippen molar-refractivity contribution in [2.45, 2.75) is 6.92 Å². The summed E-state index contributed by atoms with van der Waals surface area (Å²) in [5.41, 5.74) is 2.91. The van der Waals surface area contributed by atoms with Crippen LogP contribution >= 0.6 is 0 Å². The van der Waals surface area contributed by atoms with Crippen molar-refractivity contribution >= 4 is 17.6 Å².